The fraction of sp³-hybridized carbons (Fsp3) is 0.0952. The van der Waals surface area contributed by atoms with Gasteiger partial charge in [0.15, 0.2) is 0 Å². The summed E-state index contributed by atoms with van der Waals surface area (Å²) in [6.45, 7) is 0.720. The number of carboxylic acids is 1. The molecular formula is C21H16BrClFNO3. The predicted molar refractivity (Wildman–Crippen MR) is 111 cm³/mol. The van der Waals surface area contributed by atoms with Crippen LogP contribution in [0.3, 0.4) is 0 Å². The van der Waals surface area contributed by atoms with Crippen LogP contribution in [0, 0.1) is 5.82 Å². The third-order valence-electron chi connectivity index (χ3n) is 4.01. The van der Waals surface area contributed by atoms with Crippen molar-refractivity contribution >= 4 is 39.2 Å². The average molecular weight is 465 g/mol. The first-order chi connectivity index (χ1) is 13.4. The molecule has 28 heavy (non-hydrogen) atoms. The maximum absolute atomic E-state index is 13.0. The highest BCUT2D eigenvalue weighted by Crippen LogP contribution is 2.26. The smallest absolute Gasteiger partial charge is 0.337 e. The molecule has 7 heteroatoms. The molecule has 0 bridgehead atoms. The first-order valence-electron chi connectivity index (χ1n) is 8.35. The minimum absolute atomic E-state index is 0.0358. The van der Waals surface area contributed by atoms with Crippen LogP contribution < -0.4 is 10.1 Å². The van der Waals surface area contributed by atoms with Gasteiger partial charge in [-0.05, 0) is 54.1 Å². The molecule has 0 aromatic heterocycles. The molecule has 3 rings (SSSR count). The predicted octanol–water partition coefficient (Wildman–Crippen LogP) is 6.13. The monoisotopic (exact) mass is 463 g/mol. The maximum atomic E-state index is 13.0. The number of halogens is 3. The van der Waals surface area contributed by atoms with Gasteiger partial charge >= 0.3 is 5.97 Å². The average Bonchev–Trinajstić information content (AvgIpc) is 2.67. The van der Waals surface area contributed by atoms with Crippen molar-refractivity contribution in [2.75, 3.05) is 5.32 Å². The minimum Gasteiger partial charge on any atom is -0.489 e. The normalized spacial score (nSPS) is 10.5. The summed E-state index contributed by atoms with van der Waals surface area (Å²) >= 11 is 9.35. The van der Waals surface area contributed by atoms with Gasteiger partial charge in [-0.2, -0.15) is 0 Å². The standard InChI is InChI=1S/C21H16BrClFNO3/c22-15-3-8-20(28-12-13-1-4-16(24)5-2-13)14(9-15)11-25-17-6-7-19(23)18(10-17)21(26)27/h1-10,25H,11-12H2,(H,26,27). The van der Waals surface area contributed by atoms with Gasteiger partial charge in [0, 0.05) is 22.3 Å². The summed E-state index contributed by atoms with van der Waals surface area (Å²) in [5.74, 6) is -0.701. The number of hydrogen-bond acceptors (Lipinski definition) is 3. The Morgan fingerprint density at radius 3 is 2.57 bits per heavy atom. The first-order valence-corrected chi connectivity index (χ1v) is 9.52. The number of benzene rings is 3. The fourth-order valence-corrected chi connectivity index (χ4v) is 3.17. The third-order valence-corrected chi connectivity index (χ3v) is 4.83. The molecule has 144 valence electrons. The Labute approximate surface area is 175 Å². The Bertz CT molecular complexity index is 995. The zero-order valence-electron chi connectivity index (χ0n) is 14.6. The molecule has 0 radical (unpaired) electrons. The molecular weight excluding hydrogens is 449 g/mol. The van der Waals surface area contributed by atoms with Gasteiger partial charge in [-0.1, -0.05) is 39.7 Å². The summed E-state index contributed by atoms with van der Waals surface area (Å²) in [5, 5.41) is 12.6. The molecule has 0 aliphatic rings. The summed E-state index contributed by atoms with van der Waals surface area (Å²) in [6.07, 6.45) is 0. The van der Waals surface area contributed by atoms with E-state index in [4.69, 9.17) is 16.3 Å². The third kappa shape index (κ3) is 5.24. The van der Waals surface area contributed by atoms with Crippen LogP contribution in [-0.4, -0.2) is 11.1 Å². The van der Waals surface area contributed by atoms with E-state index in [1.54, 1.807) is 24.3 Å². The zero-order chi connectivity index (χ0) is 20.1. The van der Waals surface area contributed by atoms with Crippen molar-refractivity contribution in [3.63, 3.8) is 0 Å². The second-order valence-corrected chi connectivity index (χ2v) is 7.34. The zero-order valence-corrected chi connectivity index (χ0v) is 16.9. The number of anilines is 1. The van der Waals surface area contributed by atoms with Crippen LogP contribution in [0.2, 0.25) is 5.02 Å². The number of nitrogens with one attached hydrogen (secondary N) is 1. The van der Waals surface area contributed by atoms with Crippen LogP contribution in [0.15, 0.2) is 65.1 Å². The van der Waals surface area contributed by atoms with Crippen molar-refractivity contribution in [3.05, 3.63) is 92.7 Å². The molecule has 0 saturated carbocycles. The Balaban J connectivity index is 1.73. The summed E-state index contributed by atoms with van der Waals surface area (Å²) < 4.78 is 19.8. The maximum Gasteiger partial charge on any atom is 0.337 e. The van der Waals surface area contributed by atoms with Gasteiger partial charge in [-0.15, -0.1) is 0 Å². The number of carbonyl (C=O) groups is 1. The molecule has 0 atom stereocenters. The summed E-state index contributed by atoms with van der Waals surface area (Å²) in [5.41, 5.74) is 2.40. The molecule has 0 fully saturated rings. The number of hydrogen-bond donors (Lipinski definition) is 2. The highest BCUT2D eigenvalue weighted by Gasteiger charge is 2.10. The van der Waals surface area contributed by atoms with Gasteiger partial charge in [-0.3, -0.25) is 0 Å². The first kappa shape index (κ1) is 20.2. The van der Waals surface area contributed by atoms with Gasteiger partial charge in [0.25, 0.3) is 0 Å². The van der Waals surface area contributed by atoms with E-state index in [0.717, 1.165) is 15.6 Å². The lowest BCUT2D eigenvalue weighted by atomic mass is 10.1. The van der Waals surface area contributed by atoms with E-state index in [1.807, 2.05) is 18.2 Å². The SMILES string of the molecule is O=C(O)c1cc(NCc2cc(Br)ccc2OCc2ccc(F)cc2)ccc1Cl. The van der Waals surface area contributed by atoms with Crippen molar-refractivity contribution < 1.29 is 19.0 Å². The second-order valence-electron chi connectivity index (χ2n) is 6.02. The van der Waals surface area contributed by atoms with Gasteiger partial charge in [-0.25, -0.2) is 9.18 Å². The van der Waals surface area contributed by atoms with Crippen molar-refractivity contribution in [2.24, 2.45) is 0 Å². The van der Waals surface area contributed by atoms with Crippen molar-refractivity contribution in [1.82, 2.24) is 0 Å². The highest BCUT2D eigenvalue weighted by atomic mass is 79.9. The Morgan fingerprint density at radius 2 is 1.86 bits per heavy atom. The van der Waals surface area contributed by atoms with Gasteiger partial charge in [0.05, 0.1) is 10.6 Å². The van der Waals surface area contributed by atoms with Crippen LogP contribution in [0.25, 0.3) is 0 Å². The summed E-state index contributed by atoms with van der Waals surface area (Å²) in [4.78, 5) is 11.2. The van der Waals surface area contributed by atoms with Crippen molar-refractivity contribution in [3.8, 4) is 5.75 Å². The highest BCUT2D eigenvalue weighted by molar-refractivity contribution is 9.10. The van der Waals surface area contributed by atoms with Crippen LogP contribution >= 0.6 is 27.5 Å². The fourth-order valence-electron chi connectivity index (χ4n) is 2.57. The minimum atomic E-state index is -1.08. The summed E-state index contributed by atoms with van der Waals surface area (Å²) in [6, 6.07) is 16.5. The van der Waals surface area contributed by atoms with E-state index in [-0.39, 0.29) is 16.4 Å². The van der Waals surface area contributed by atoms with Crippen LogP contribution in [0.5, 0.6) is 5.75 Å². The molecule has 3 aromatic rings. The number of rotatable bonds is 7. The van der Waals surface area contributed by atoms with Gasteiger partial charge < -0.3 is 15.2 Å². The molecule has 4 nitrogen and oxygen atoms in total. The Kier molecular flexibility index (Phi) is 6.54. The van der Waals surface area contributed by atoms with E-state index in [9.17, 15) is 14.3 Å². The van der Waals surface area contributed by atoms with E-state index in [0.29, 0.717) is 24.6 Å². The topological polar surface area (TPSA) is 58.6 Å². The molecule has 0 unspecified atom stereocenters. The second kappa shape index (κ2) is 9.08. The number of carboxylic acid groups (broad SMARTS) is 1. The molecule has 0 aliphatic carbocycles. The van der Waals surface area contributed by atoms with E-state index in [2.05, 4.69) is 21.2 Å². The lowest BCUT2D eigenvalue weighted by molar-refractivity contribution is 0.0697. The molecule has 0 heterocycles. The van der Waals surface area contributed by atoms with Crippen molar-refractivity contribution in [2.45, 2.75) is 13.2 Å². The molecule has 2 N–H and O–H groups in total. The molecule has 0 aliphatic heterocycles. The van der Waals surface area contributed by atoms with E-state index in [1.165, 1.54) is 18.2 Å². The van der Waals surface area contributed by atoms with E-state index < -0.39 is 5.97 Å². The summed E-state index contributed by atoms with van der Waals surface area (Å²) in [7, 11) is 0. The molecule has 0 saturated heterocycles. The van der Waals surface area contributed by atoms with Crippen molar-refractivity contribution in [1.29, 1.82) is 0 Å². The van der Waals surface area contributed by atoms with Crippen LogP contribution in [-0.2, 0) is 13.2 Å². The van der Waals surface area contributed by atoms with Gasteiger partial charge in [0.1, 0.15) is 18.2 Å². The molecule has 0 spiro atoms. The number of ether oxygens (including phenoxy) is 1. The lowest BCUT2D eigenvalue weighted by Gasteiger charge is -2.14. The Morgan fingerprint density at radius 1 is 1.11 bits per heavy atom. The van der Waals surface area contributed by atoms with Crippen LogP contribution in [0.1, 0.15) is 21.5 Å². The number of aromatic carboxylic acids is 1. The molecule has 3 aromatic carbocycles. The molecule has 0 amide bonds. The van der Waals surface area contributed by atoms with E-state index >= 15 is 0 Å². The van der Waals surface area contributed by atoms with Crippen LogP contribution in [0.4, 0.5) is 10.1 Å². The van der Waals surface area contributed by atoms with Gasteiger partial charge in [0.2, 0.25) is 0 Å². The Hall–Kier alpha value is -2.57. The quantitative estimate of drug-likeness (QED) is 0.441. The largest absolute Gasteiger partial charge is 0.489 e. The lowest BCUT2D eigenvalue weighted by Crippen LogP contribution is -2.05.